The molecule has 168 valence electrons. The van der Waals surface area contributed by atoms with E-state index in [0.717, 1.165) is 32.2 Å². The van der Waals surface area contributed by atoms with Crippen LogP contribution in [0.2, 0.25) is 0 Å². The van der Waals surface area contributed by atoms with Gasteiger partial charge in [-0.25, -0.2) is 4.68 Å². The van der Waals surface area contributed by atoms with E-state index in [4.69, 9.17) is 10.5 Å². The molecule has 2 aliphatic rings. The Morgan fingerprint density at radius 2 is 2.06 bits per heavy atom. The van der Waals surface area contributed by atoms with Crippen LogP contribution in [0.5, 0.6) is 0 Å². The monoisotopic (exact) mass is 427 g/mol. The highest BCUT2D eigenvalue weighted by Gasteiger charge is 2.28. The zero-order valence-electron chi connectivity index (χ0n) is 18.0. The van der Waals surface area contributed by atoms with Crippen molar-refractivity contribution in [2.45, 2.75) is 57.2 Å². The summed E-state index contributed by atoms with van der Waals surface area (Å²) in [6.07, 6.45) is 11.7. The molecule has 2 atom stereocenters. The summed E-state index contributed by atoms with van der Waals surface area (Å²) < 4.78 is 7.28. The van der Waals surface area contributed by atoms with Crippen molar-refractivity contribution in [3.8, 4) is 0 Å². The van der Waals surface area contributed by atoms with Crippen molar-refractivity contribution >= 4 is 17.5 Å². The van der Waals surface area contributed by atoms with Gasteiger partial charge in [0, 0.05) is 6.54 Å². The second-order valence-electron chi connectivity index (χ2n) is 8.23. The zero-order chi connectivity index (χ0) is 22.2. The summed E-state index contributed by atoms with van der Waals surface area (Å²) in [5.41, 5.74) is 6.84. The van der Waals surface area contributed by atoms with Crippen LogP contribution >= 0.6 is 0 Å². The van der Waals surface area contributed by atoms with Crippen LogP contribution in [0.25, 0.3) is 5.70 Å². The molecule has 3 rings (SSSR count). The molecule has 2 amide bonds. The average molecular weight is 428 g/mol. The molecule has 2 saturated carbocycles. The van der Waals surface area contributed by atoms with Gasteiger partial charge in [0.25, 0.3) is 5.91 Å². The number of nitrogens with two attached hydrogens (primary N) is 1. The predicted octanol–water partition coefficient (Wildman–Crippen LogP) is 2.14. The van der Waals surface area contributed by atoms with E-state index in [1.54, 1.807) is 12.1 Å². The van der Waals surface area contributed by atoms with E-state index in [1.807, 2.05) is 12.2 Å². The molecule has 0 saturated heterocycles. The summed E-state index contributed by atoms with van der Waals surface area (Å²) in [6, 6.07) is 1.51. The lowest BCUT2D eigenvalue weighted by molar-refractivity contribution is -0.124. The van der Waals surface area contributed by atoms with Gasteiger partial charge in [0.1, 0.15) is 17.9 Å². The first-order valence-corrected chi connectivity index (χ1v) is 11.0. The van der Waals surface area contributed by atoms with Crippen LogP contribution < -0.4 is 16.4 Å². The molecule has 0 radical (unpaired) electrons. The van der Waals surface area contributed by atoms with E-state index < -0.39 is 5.91 Å². The topological polar surface area (TPSA) is 111 Å². The minimum Gasteiger partial charge on any atom is -0.383 e. The smallest absolute Gasteiger partial charge is 0.267 e. The van der Waals surface area contributed by atoms with Crippen molar-refractivity contribution in [1.29, 1.82) is 0 Å². The maximum absolute atomic E-state index is 12.7. The molecule has 0 spiro atoms. The Hall–Kier alpha value is -2.87. The van der Waals surface area contributed by atoms with Gasteiger partial charge in [0.2, 0.25) is 5.91 Å². The average Bonchev–Trinajstić information content (AvgIpc) is 3.48. The predicted molar refractivity (Wildman–Crippen MR) is 120 cm³/mol. The number of nitrogens with one attached hydrogen (secondary N) is 2. The summed E-state index contributed by atoms with van der Waals surface area (Å²) in [5, 5.41) is 10.7. The minimum atomic E-state index is -0.630. The molecule has 1 aromatic heterocycles. The number of amides is 2. The minimum absolute atomic E-state index is 0.0395. The molecule has 8 heteroatoms. The van der Waals surface area contributed by atoms with Gasteiger partial charge in [0.05, 0.1) is 24.4 Å². The molecule has 1 aromatic rings. The molecule has 0 unspecified atom stereocenters. The molecule has 1 heterocycles. The first-order valence-electron chi connectivity index (χ1n) is 11.0. The third kappa shape index (κ3) is 6.82. The van der Waals surface area contributed by atoms with Gasteiger partial charge in [0.15, 0.2) is 0 Å². The summed E-state index contributed by atoms with van der Waals surface area (Å²) in [4.78, 5) is 24.6. The molecule has 8 nitrogen and oxygen atoms in total. The second kappa shape index (κ2) is 10.9. The standard InChI is InChI=1S/C23H33N5O3/c1-3-4-7-12-31-21-9-6-5-8-18(21)26-22(29)15-28-20(23(24)30)13-19(27-28)16(2)25-14-17-10-11-17/h3-4,7,13,17-18,21,25H,1-2,5-6,8-12,14-15H2,(H2,24,30)(H,26,29)/b7-4+/t18-,21-/m0/s1. The highest BCUT2D eigenvalue weighted by Crippen LogP contribution is 2.28. The third-order valence-corrected chi connectivity index (χ3v) is 5.66. The van der Waals surface area contributed by atoms with Crippen LogP contribution in [0, 0.1) is 5.92 Å². The Morgan fingerprint density at radius 1 is 1.29 bits per heavy atom. The van der Waals surface area contributed by atoms with Gasteiger partial charge in [-0.05, 0) is 37.7 Å². The van der Waals surface area contributed by atoms with Gasteiger partial charge in [-0.2, -0.15) is 5.10 Å². The van der Waals surface area contributed by atoms with E-state index in [9.17, 15) is 9.59 Å². The zero-order valence-corrected chi connectivity index (χ0v) is 18.0. The van der Waals surface area contributed by atoms with Crippen molar-refractivity contribution in [2.75, 3.05) is 13.2 Å². The maximum Gasteiger partial charge on any atom is 0.267 e. The quantitative estimate of drug-likeness (QED) is 0.443. The molecule has 0 aliphatic heterocycles. The number of ether oxygens (including phenoxy) is 1. The number of allylic oxidation sites excluding steroid dienone is 2. The molecule has 0 bridgehead atoms. The number of nitrogens with zero attached hydrogens (tertiary/aromatic N) is 2. The Balaban J connectivity index is 1.60. The lowest BCUT2D eigenvalue weighted by atomic mass is 9.92. The van der Waals surface area contributed by atoms with Crippen LogP contribution in [0.15, 0.2) is 37.5 Å². The number of hydrogen-bond acceptors (Lipinski definition) is 5. The van der Waals surface area contributed by atoms with Crippen LogP contribution in [0.3, 0.4) is 0 Å². The number of rotatable bonds is 12. The van der Waals surface area contributed by atoms with Crippen LogP contribution in [0.4, 0.5) is 0 Å². The third-order valence-electron chi connectivity index (χ3n) is 5.66. The fourth-order valence-corrected chi connectivity index (χ4v) is 3.74. The van der Waals surface area contributed by atoms with E-state index in [0.29, 0.717) is 23.9 Å². The first kappa shape index (κ1) is 22.8. The summed E-state index contributed by atoms with van der Waals surface area (Å²) in [6.45, 7) is 8.86. The van der Waals surface area contributed by atoms with Gasteiger partial charge in [-0.1, -0.05) is 44.2 Å². The number of aromatic nitrogens is 2. The molecular weight excluding hydrogens is 394 g/mol. The first-order chi connectivity index (χ1) is 15.0. The molecular formula is C23H33N5O3. The van der Waals surface area contributed by atoms with Crippen molar-refractivity contribution in [2.24, 2.45) is 11.7 Å². The lowest BCUT2D eigenvalue weighted by Gasteiger charge is -2.32. The molecule has 2 aliphatic carbocycles. The number of carbonyl (C=O) groups excluding carboxylic acids is 2. The fourth-order valence-electron chi connectivity index (χ4n) is 3.74. The van der Waals surface area contributed by atoms with E-state index in [1.165, 1.54) is 17.5 Å². The van der Waals surface area contributed by atoms with Crippen molar-refractivity contribution in [1.82, 2.24) is 20.4 Å². The molecule has 2 fully saturated rings. The molecule has 0 aromatic carbocycles. The largest absolute Gasteiger partial charge is 0.383 e. The van der Waals surface area contributed by atoms with Gasteiger partial charge < -0.3 is 21.1 Å². The van der Waals surface area contributed by atoms with Crippen molar-refractivity contribution in [3.63, 3.8) is 0 Å². The van der Waals surface area contributed by atoms with Crippen LogP contribution in [-0.4, -0.2) is 46.9 Å². The Morgan fingerprint density at radius 3 is 2.77 bits per heavy atom. The van der Waals surface area contributed by atoms with E-state index in [2.05, 4.69) is 28.9 Å². The fraction of sp³-hybridized carbons (Fsp3) is 0.522. The summed E-state index contributed by atoms with van der Waals surface area (Å²) in [5.74, 6) is -0.177. The Kier molecular flexibility index (Phi) is 8.06. The maximum atomic E-state index is 12.7. The van der Waals surface area contributed by atoms with Crippen molar-refractivity contribution < 1.29 is 14.3 Å². The number of primary amides is 1. The number of hydrogen-bond donors (Lipinski definition) is 3. The lowest BCUT2D eigenvalue weighted by Crippen LogP contribution is -2.47. The summed E-state index contributed by atoms with van der Waals surface area (Å²) in [7, 11) is 0. The van der Waals surface area contributed by atoms with Gasteiger partial charge >= 0.3 is 0 Å². The van der Waals surface area contributed by atoms with Crippen molar-refractivity contribution in [3.05, 3.63) is 48.8 Å². The van der Waals surface area contributed by atoms with E-state index in [-0.39, 0.29) is 30.3 Å². The highest BCUT2D eigenvalue weighted by atomic mass is 16.5. The Bertz CT molecular complexity index is 840. The number of carbonyl (C=O) groups is 2. The van der Waals surface area contributed by atoms with E-state index >= 15 is 0 Å². The van der Waals surface area contributed by atoms with Gasteiger partial charge in [-0.15, -0.1) is 0 Å². The normalized spacial score (nSPS) is 21.0. The molecule has 31 heavy (non-hydrogen) atoms. The highest BCUT2D eigenvalue weighted by molar-refractivity contribution is 5.92. The Labute approximate surface area is 183 Å². The SMILES string of the molecule is C=C/C=C/CO[C@H]1CCCC[C@@H]1NC(=O)Cn1nc(C(=C)NCC2CC2)cc1C(N)=O. The molecule has 4 N–H and O–H groups in total. The van der Waals surface area contributed by atoms with Crippen LogP contribution in [0.1, 0.15) is 54.7 Å². The second-order valence-corrected chi connectivity index (χ2v) is 8.23. The van der Waals surface area contributed by atoms with Gasteiger partial charge in [-0.3, -0.25) is 9.59 Å². The van der Waals surface area contributed by atoms with Crippen LogP contribution in [-0.2, 0) is 16.1 Å². The summed E-state index contributed by atoms with van der Waals surface area (Å²) >= 11 is 0.